The standard InChI is InChI=1S/C19H23NO4S/c21-25(22,15-17-5-2-1-3-6-17)20-13-16-8-10-18(11-9-16)24-14-19-7-4-12-23-19/h1-3,5-6,8-11,19-20H,4,7,12-15H2/t19-/m0/s1. The molecule has 0 aromatic heterocycles. The summed E-state index contributed by atoms with van der Waals surface area (Å²) < 4.78 is 38.1. The Morgan fingerprint density at radius 1 is 1.04 bits per heavy atom. The molecule has 3 rings (SSSR count). The predicted molar refractivity (Wildman–Crippen MR) is 96.8 cm³/mol. The van der Waals surface area contributed by atoms with Crippen molar-refractivity contribution in [2.45, 2.75) is 31.2 Å². The summed E-state index contributed by atoms with van der Waals surface area (Å²) >= 11 is 0. The van der Waals surface area contributed by atoms with Crippen LogP contribution in [0.4, 0.5) is 0 Å². The summed E-state index contributed by atoms with van der Waals surface area (Å²) in [5.41, 5.74) is 1.66. The van der Waals surface area contributed by atoms with E-state index in [-0.39, 0.29) is 18.4 Å². The summed E-state index contributed by atoms with van der Waals surface area (Å²) in [7, 11) is -3.36. The fourth-order valence-corrected chi connectivity index (χ4v) is 3.83. The Morgan fingerprint density at radius 3 is 2.48 bits per heavy atom. The highest BCUT2D eigenvalue weighted by Crippen LogP contribution is 2.16. The van der Waals surface area contributed by atoms with Crippen LogP contribution in [-0.2, 0) is 27.1 Å². The van der Waals surface area contributed by atoms with Gasteiger partial charge in [-0.25, -0.2) is 13.1 Å². The minimum absolute atomic E-state index is 0.0174. The van der Waals surface area contributed by atoms with E-state index in [1.54, 1.807) is 12.1 Å². The molecule has 5 nitrogen and oxygen atoms in total. The molecule has 0 spiro atoms. The van der Waals surface area contributed by atoms with Gasteiger partial charge < -0.3 is 9.47 Å². The number of rotatable bonds is 8. The molecule has 1 saturated heterocycles. The van der Waals surface area contributed by atoms with Gasteiger partial charge in [0.05, 0.1) is 11.9 Å². The minimum Gasteiger partial charge on any atom is -0.491 e. The highest BCUT2D eigenvalue weighted by molar-refractivity contribution is 7.88. The van der Waals surface area contributed by atoms with Crippen molar-refractivity contribution in [3.8, 4) is 5.75 Å². The summed E-state index contributed by atoms with van der Waals surface area (Å²) in [5.74, 6) is 0.752. The van der Waals surface area contributed by atoms with Crippen LogP contribution >= 0.6 is 0 Å². The van der Waals surface area contributed by atoms with Crippen molar-refractivity contribution in [1.82, 2.24) is 4.72 Å². The van der Waals surface area contributed by atoms with Gasteiger partial charge in [-0.05, 0) is 36.1 Å². The summed E-state index contributed by atoms with van der Waals surface area (Å²) in [6, 6.07) is 16.6. The van der Waals surface area contributed by atoms with Crippen LogP contribution in [-0.4, -0.2) is 27.7 Å². The second-order valence-electron chi connectivity index (χ2n) is 6.16. The van der Waals surface area contributed by atoms with Crippen molar-refractivity contribution in [1.29, 1.82) is 0 Å². The van der Waals surface area contributed by atoms with Crippen molar-refractivity contribution in [2.75, 3.05) is 13.2 Å². The first kappa shape index (κ1) is 17.9. The van der Waals surface area contributed by atoms with Crippen LogP contribution in [0.2, 0.25) is 0 Å². The molecule has 1 aliphatic heterocycles. The quantitative estimate of drug-likeness (QED) is 0.785. The van der Waals surface area contributed by atoms with Gasteiger partial charge in [-0.3, -0.25) is 0 Å². The monoisotopic (exact) mass is 361 g/mol. The number of nitrogens with one attached hydrogen (secondary N) is 1. The smallest absolute Gasteiger partial charge is 0.216 e. The van der Waals surface area contributed by atoms with Crippen LogP contribution in [0.25, 0.3) is 0 Å². The number of sulfonamides is 1. The van der Waals surface area contributed by atoms with Gasteiger partial charge in [-0.15, -0.1) is 0 Å². The maximum absolute atomic E-state index is 12.1. The van der Waals surface area contributed by atoms with Gasteiger partial charge in [0.25, 0.3) is 0 Å². The largest absolute Gasteiger partial charge is 0.491 e. The van der Waals surface area contributed by atoms with E-state index in [4.69, 9.17) is 9.47 Å². The van der Waals surface area contributed by atoms with E-state index in [2.05, 4.69) is 4.72 Å². The van der Waals surface area contributed by atoms with Gasteiger partial charge in [0.15, 0.2) is 0 Å². The van der Waals surface area contributed by atoms with Crippen LogP contribution in [0.5, 0.6) is 5.75 Å². The van der Waals surface area contributed by atoms with Crippen LogP contribution < -0.4 is 9.46 Å². The molecule has 1 atom stereocenters. The van der Waals surface area contributed by atoms with Crippen LogP contribution in [0.3, 0.4) is 0 Å². The van der Waals surface area contributed by atoms with E-state index in [0.29, 0.717) is 6.61 Å². The average Bonchev–Trinajstić information content (AvgIpc) is 3.13. The average molecular weight is 361 g/mol. The normalized spacial score (nSPS) is 17.5. The number of benzene rings is 2. The topological polar surface area (TPSA) is 64.6 Å². The Bertz CT molecular complexity index is 754. The number of hydrogen-bond acceptors (Lipinski definition) is 4. The first-order valence-electron chi connectivity index (χ1n) is 8.45. The number of ether oxygens (including phenoxy) is 2. The number of hydrogen-bond donors (Lipinski definition) is 1. The molecule has 1 aliphatic rings. The molecule has 134 valence electrons. The van der Waals surface area contributed by atoms with Crippen molar-refractivity contribution >= 4 is 10.0 Å². The van der Waals surface area contributed by atoms with E-state index in [0.717, 1.165) is 36.3 Å². The molecule has 25 heavy (non-hydrogen) atoms. The Kier molecular flexibility index (Phi) is 6.07. The molecule has 0 amide bonds. The van der Waals surface area contributed by atoms with Gasteiger partial charge in [-0.1, -0.05) is 42.5 Å². The van der Waals surface area contributed by atoms with Gasteiger partial charge in [0, 0.05) is 13.2 Å². The third kappa shape index (κ3) is 5.85. The molecular weight excluding hydrogens is 338 g/mol. The molecule has 1 fully saturated rings. The Morgan fingerprint density at radius 2 is 1.80 bits per heavy atom. The highest BCUT2D eigenvalue weighted by atomic mass is 32.2. The van der Waals surface area contributed by atoms with Crippen molar-refractivity contribution < 1.29 is 17.9 Å². The summed E-state index contributed by atoms with van der Waals surface area (Å²) in [5, 5.41) is 0. The Hall–Kier alpha value is -1.89. The molecule has 2 aromatic rings. The molecule has 0 saturated carbocycles. The van der Waals surface area contributed by atoms with Gasteiger partial charge in [-0.2, -0.15) is 0 Å². The molecule has 0 aliphatic carbocycles. The summed E-state index contributed by atoms with van der Waals surface area (Å²) in [6.45, 7) is 1.64. The van der Waals surface area contributed by atoms with E-state index < -0.39 is 10.0 Å². The Balaban J connectivity index is 1.47. The summed E-state index contributed by atoms with van der Waals surface area (Å²) in [6.07, 6.45) is 2.32. The van der Waals surface area contributed by atoms with Gasteiger partial charge >= 0.3 is 0 Å². The molecule has 1 heterocycles. The molecule has 0 unspecified atom stereocenters. The zero-order valence-electron chi connectivity index (χ0n) is 14.1. The lowest BCUT2D eigenvalue weighted by Gasteiger charge is -2.12. The second-order valence-corrected chi connectivity index (χ2v) is 7.96. The molecule has 6 heteroatoms. The van der Waals surface area contributed by atoms with E-state index >= 15 is 0 Å². The third-order valence-corrected chi connectivity index (χ3v) is 5.38. The highest BCUT2D eigenvalue weighted by Gasteiger charge is 2.16. The third-order valence-electron chi connectivity index (χ3n) is 4.08. The molecule has 0 bridgehead atoms. The van der Waals surface area contributed by atoms with E-state index in [1.165, 1.54) is 0 Å². The van der Waals surface area contributed by atoms with Crippen molar-refractivity contribution in [3.05, 3.63) is 65.7 Å². The van der Waals surface area contributed by atoms with Gasteiger partial charge in [0.1, 0.15) is 12.4 Å². The lowest BCUT2D eigenvalue weighted by Crippen LogP contribution is -2.24. The lowest BCUT2D eigenvalue weighted by atomic mass is 10.2. The second kappa shape index (κ2) is 8.47. The van der Waals surface area contributed by atoms with Crippen LogP contribution in [0.1, 0.15) is 24.0 Å². The lowest BCUT2D eigenvalue weighted by molar-refractivity contribution is 0.0679. The first-order chi connectivity index (χ1) is 12.1. The summed E-state index contributed by atoms with van der Waals surface area (Å²) in [4.78, 5) is 0. The minimum atomic E-state index is -3.36. The van der Waals surface area contributed by atoms with Crippen molar-refractivity contribution in [3.63, 3.8) is 0 Å². The fraction of sp³-hybridized carbons (Fsp3) is 0.368. The SMILES string of the molecule is O=S(=O)(Cc1ccccc1)NCc1ccc(OC[C@@H]2CCCO2)cc1. The molecule has 0 radical (unpaired) electrons. The maximum atomic E-state index is 12.1. The molecule has 2 aromatic carbocycles. The van der Waals surface area contributed by atoms with E-state index in [9.17, 15) is 8.42 Å². The van der Waals surface area contributed by atoms with Crippen LogP contribution in [0, 0.1) is 0 Å². The molecule has 1 N–H and O–H groups in total. The fourth-order valence-electron chi connectivity index (χ4n) is 2.71. The molecular formula is C19H23NO4S. The first-order valence-corrected chi connectivity index (χ1v) is 10.1. The van der Waals surface area contributed by atoms with Gasteiger partial charge in [0.2, 0.25) is 10.0 Å². The van der Waals surface area contributed by atoms with Crippen molar-refractivity contribution in [2.24, 2.45) is 0 Å². The van der Waals surface area contributed by atoms with Crippen LogP contribution in [0.15, 0.2) is 54.6 Å². The zero-order chi connectivity index (χ0) is 17.5. The predicted octanol–water partition coefficient (Wildman–Crippen LogP) is 2.86. The zero-order valence-corrected chi connectivity index (χ0v) is 14.9. The maximum Gasteiger partial charge on any atom is 0.216 e. The Labute approximate surface area is 149 Å². The van der Waals surface area contributed by atoms with E-state index in [1.807, 2.05) is 42.5 Å².